The molecule has 8 heteroatoms. The quantitative estimate of drug-likeness (QED) is 0.682. The Kier molecular flexibility index (Phi) is 5.38. The Morgan fingerprint density at radius 1 is 1.19 bits per heavy atom. The molecule has 1 aromatic heterocycles. The van der Waals surface area contributed by atoms with Gasteiger partial charge in [-0.1, -0.05) is 29.3 Å². The van der Waals surface area contributed by atoms with E-state index in [2.05, 4.69) is 15.7 Å². The lowest BCUT2D eigenvalue weighted by Gasteiger charge is -2.08. The lowest BCUT2D eigenvalue weighted by atomic mass is 10.2. The first-order chi connectivity index (χ1) is 12.5. The van der Waals surface area contributed by atoms with E-state index in [1.54, 1.807) is 6.20 Å². The zero-order valence-electron chi connectivity index (χ0n) is 13.9. The van der Waals surface area contributed by atoms with E-state index in [-0.39, 0.29) is 17.8 Å². The number of aryl methyl sites for hydroxylation is 1. The first-order valence-corrected chi connectivity index (χ1v) is 8.12. The minimum Gasteiger partial charge on any atom is -0.470 e. The van der Waals surface area contributed by atoms with Crippen molar-refractivity contribution < 1.29 is 13.9 Å². The summed E-state index contributed by atoms with van der Waals surface area (Å²) in [7, 11) is 0. The highest BCUT2D eigenvalue weighted by Crippen LogP contribution is 2.25. The van der Waals surface area contributed by atoms with Gasteiger partial charge < -0.3 is 15.4 Å². The van der Waals surface area contributed by atoms with Crippen molar-refractivity contribution >= 4 is 29.0 Å². The molecule has 0 fully saturated rings. The minimum atomic E-state index is -0.437. The molecule has 0 aliphatic heterocycles. The Labute approximate surface area is 154 Å². The van der Waals surface area contributed by atoms with Crippen LogP contribution in [-0.2, 0) is 6.73 Å². The Hall–Kier alpha value is -3.06. The van der Waals surface area contributed by atoms with Gasteiger partial charge in [-0.2, -0.15) is 5.10 Å². The Balaban J connectivity index is 1.54. The first-order valence-electron chi connectivity index (χ1n) is 7.74. The molecule has 1 heterocycles. The number of benzene rings is 2. The second kappa shape index (κ2) is 7.88. The highest BCUT2D eigenvalue weighted by molar-refractivity contribution is 6.32. The van der Waals surface area contributed by atoms with E-state index in [9.17, 15) is 9.18 Å². The zero-order chi connectivity index (χ0) is 18.5. The standard InChI is InChI=1S/C18H16ClFN4O2/c1-12-2-5-14(6-3-12)22-18(25)23-15-9-21-24(10-15)11-26-17-7-4-13(20)8-16(17)19/h2-10H,11H2,1H3,(H2,22,23,25). The fourth-order valence-corrected chi connectivity index (χ4v) is 2.38. The number of urea groups is 1. The van der Waals surface area contributed by atoms with Crippen LogP contribution in [0.4, 0.5) is 20.6 Å². The van der Waals surface area contributed by atoms with E-state index in [1.807, 2.05) is 31.2 Å². The average Bonchev–Trinajstić information content (AvgIpc) is 3.03. The molecule has 0 spiro atoms. The number of rotatable bonds is 5. The van der Waals surface area contributed by atoms with Crippen LogP contribution in [0.5, 0.6) is 5.75 Å². The zero-order valence-corrected chi connectivity index (χ0v) is 14.6. The van der Waals surface area contributed by atoms with Gasteiger partial charge in [-0.25, -0.2) is 13.9 Å². The molecule has 0 aliphatic rings. The molecular weight excluding hydrogens is 359 g/mol. The normalized spacial score (nSPS) is 10.4. The number of hydrogen-bond acceptors (Lipinski definition) is 3. The number of halogens is 2. The number of ether oxygens (including phenoxy) is 1. The average molecular weight is 375 g/mol. The third-order valence-electron chi connectivity index (χ3n) is 3.45. The molecule has 26 heavy (non-hydrogen) atoms. The summed E-state index contributed by atoms with van der Waals surface area (Å²) >= 11 is 5.90. The van der Waals surface area contributed by atoms with Crippen LogP contribution < -0.4 is 15.4 Å². The Morgan fingerprint density at radius 2 is 1.92 bits per heavy atom. The topological polar surface area (TPSA) is 68.2 Å². The second-order valence-corrected chi connectivity index (χ2v) is 5.97. The number of amides is 2. The molecule has 0 aliphatic carbocycles. The maximum absolute atomic E-state index is 13.0. The third kappa shape index (κ3) is 4.73. The van der Waals surface area contributed by atoms with E-state index in [0.29, 0.717) is 17.1 Å². The van der Waals surface area contributed by atoms with Crippen LogP contribution in [0, 0.1) is 12.7 Å². The lowest BCUT2D eigenvalue weighted by molar-refractivity contribution is 0.221. The van der Waals surface area contributed by atoms with Crippen molar-refractivity contribution in [3.63, 3.8) is 0 Å². The molecule has 2 aromatic carbocycles. The molecule has 0 radical (unpaired) electrons. The fraction of sp³-hybridized carbons (Fsp3) is 0.111. The van der Waals surface area contributed by atoms with Crippen LogP contribution in [0.25, 0.3) is 0 Å². The molecule has 0 bridgehead atoms. The fourth-order valence-electron chi connectivity index (χ4n) is 2.16. The smallest absolute Gasteiger partial charge is 0.323 e. The van der Waals surface area contributed by atoms with Crippen molar-refractivity contribution in [1.82, 2.24) is 9.78 Å². The highest BCUT2D eigenvalue weighted by atomic mass is 35.5. The summed E-state index contributed by atoms with van der Waals surface area (Å²) in [6.45, 7) is 2.03. The van der Waals surface area contributed by atoms with Crippen LogP contribution >= 0.6 is 11.6 Å². The molecule has 2 amide bonds. The predicted octanol–water partition coefficient (Wildman–Crippen LogP) is 4.66. The molecule has 0 saturated heterocycles. The van der Waals surface area contributed by atoms with Gasteiger partial charge in [0.15, 0.2) is 6.73 Å². The predicted molar refractivity (Wildman–Crippen MR) is 98.1 cm³/mol. The largest absolute Gasteiger partial charge is 0.470 e. The summed E-state index contributed by atoms with van der Waals surface area (Å²) in [5.74, 6) is -0.0947. The van der Waals surface area contributed by atoms with Crippen molar-refractivity contribution in [1.29, 1.82) is 0 Å². The maximum atomic E-state index is 13.0. The summed E-state index contributed by atoms with van der Waals surface area (Å²) in [5, 5.41) is 9.66. The molecule has 0 atom stereocenters. The number of carbonyl (C=O) groups excluding carboxylic acids is 1. The Bertz CT molecular complexity index is 912. The number of aromatic nitrogens is 2. The van der Waals surface area contributed by atoms with Gasteiger partial charge in [0.1, 0.15) is 11.6 Å². The summed E-state index contributed by atoms with van der Waals surface area (Å²) in [6, 6.07) is 10.9. The van der Waals surface area contributed by atoms with Crippen LogP contribution in [0.1, 0.15) is 5.56 Å². The number of nitrogens with one attached hydrogen (secondary N) is 2. The number of hydrogen-bond donors (Lipinski definition) is 2. The Morgan fingerprint density at radius 3 is 2.65 bits per heavy atom. The molecular formula is C18H16ClFN4O2. The molecule has 3 rings (SSSR count). The molecule has 6 nitrogen and oxygen atoms in total. The van der Waals surface area contributed by atoms with Crippen LogP contribution in [0.3, 0.4) is 0 Å². The van der Waals surface area contributed by atoms with E-state index >= 15 is 0 Å². The van der Waals surface area contributed by atoms with Crippen molar-refractivity contribution in [2.24, 2.45) is 0 Å². The monoisotopic (exact) mass is 374 g/mol. The summed E-state index contributed by atoms with van der Waals surface area (Å²) < 4.78 is 20.0. The van der Waals surface area contributed by atoms with Gasteiger partial charge in [0.05, 0.1) is 23.1 Å². The van der Waals surface area contributed by atoms with E-state index in [4.69, 9.17) is 16.3 Å². The first kappa shape index (κ1) is 17.8. The van der Waals surface area contributed by atoms with Gasteiger partial charge in [-0.3, -0.25) is 0 Å². The maximum Gasteiger partial charge on any atom is 0.323 e. The SMILES string of the molecule is Cc1ccc(NC(=O)Nc2cnn(COc3ccc(F)cc3Cl)c2)cc1. The minimum absolute atomic E-state index is 0.0621. The van der Waals surface area contributed by atoms with Crippen molar-refractivity contribution in [3.05, 3.63) is 71.3 Å². The highest BCUT2D eigenvalue weighted by Gasteiger charge is 2.07. The van der Waals surface area contributed by atoms with Gasteiger partial charge in [-0.05, 0) is 37.3 Å². The molecule has 3 aromatic rings. The van der Waals surface area contributed by atoms with E-state index in [1.165, 1.54) is 29.1 Å². The van der Waals surface area contributed by atoms with Crippen molar-refractivity contribution in [3.8, 4) is 5.75 Å². The number of nitrogens with zero attached hydrogens (tertiary/aromatic N) is 2. The van der Waals surface area contributed by atoms with E-state index in [0.717, 1.165) is 5.56 Å². The van der Waals surface area contributed by atoms with Gasteiger partial charge >= 0.3 is 6.03 Å². The summed E-state index contributed by atoms with van der Waals surface area (Å²) in [6.07, 6.45) is 3.09. The van der Waals surface area contributed by atoms with Crippen LogP contribution in [-0.4, -0.2) is 15.8 Å². The van der Waals surface area contributed by atoms with Crippen LogP contribution in [0.15, 0.2) is 54.9 Å². The van der Waals surface area contributed by atoms with Gasteiger partial charge in [-0.15, -0.1) is 0 Å². The second-order valence-electron chi connectivity index (χ2n) is 5.56. The molecule has 0 unspecified atom stereocenters. The van der Waals surface area contributed by atoms with E-state index < -0.39 is 5.82 Å². The summed E-state index contributed by atoms with van der Waals surface area (Å²) in [4.78, 5) is 12.0. The van der Waals surface area contributed by atoms with Crippen LogP contribution in [0.2, 0.25) is 5.02 Å². The molecule has 2 N–H and O–H groups in total. The number of anilines is 2. The van der Waals surface area contributed by atoms with Crippen molar-refractivity contribution in [2.75, 3.05) is 10.6 Å². The molecule has 0 saturated carbocycles. The number of carbonyl (C=O) groups is 1. The van der Waals surface area contributed by atoms with Crippen molar-refractivity contribution in [2.45, 2.75) is 13.7 Å². The van der Waals surface area contributed by atoms with Gasteiger partial charge in [0.2, 0.25) is 0 Å². The van der Waals surface area contributed by atoms with Gasteiger partial charge in [0, 0.05) is 5.69 Å². The van der Waals surface area contributed by atoms with Gasteiger partial charge in [0.25, 0.3) is 0 Å². The summed E-state index contributed by atoms with van der Waals surface area (Å²) in [5.41, 5.74) is 2.30. The lowest BCUT2D eigenvalue weighted by Crippen LogP contribution is -2.19. The molecule has 134 valence electrons. The third-order valence-corrected chi connectivity index (χ3v) is 3.74.